The number of aryl methyl sites for hydroxylation is 1. The molecule has 0 radical (unpaired) electrons. The molecule has 3 nitrogen and oxygen atoms in total. The summed E-state index contributed by atoms with van der Waals surface area (Å²) >= 11 is 1.91. The fourth-order valence-corrected chi connectivity index (χ4v) is 4.25. The Labute approximate surface area is 125 Å². The van der Waals surface area contributed by atoms with Gasteiger partial charge in [0.2, 0.25) is 0 Å². The van der Waals surface area contributed by atoms with Crippen LogP contribution in [0.3, 0.4) is 0 Å². The maximum Gasteiger partial charge on any atom is 0.325 e. The number of rotatable bonds is 4. The van der Waals surface area contributed by atoms with Crippen LogP contribution in [-0.2, 0) is 15.3 Å². The van der Waals surface area contributed by atoms with Crippen molar-refractivity contribution in [1.29, 1.82) is 0 Å². The van der Waals surface area contributed by atoms with E-state index in [9.17, 15) is 4.79 Å². The predicted octanol–water partition coefficient (Wildman–Crippen LogP) is 3.04. The van der Waals surface area contributed by atoms with Gasteiger partial charge in [0, 0.05) is 11.0 Å². The van der Waals surface area contributed by atoms with Gasteiger partial charge in [-0.15, -0.1) is 0 Å². The van der Waals surface area contributed by atoms with Crippen LogP contribution in [0, 0.1) is 6.92 Å². The van der Waals surface area contributed by atoms with E-state index in [1.807, 2.05) is 11.8 Å². The predicted molar refractivity (Wildman–Crippen MR) is 83.7 cm³/mol. The summed E-state index contributed by atoms with van der Waals surface area (Å²) in [6.45, 7) is 2.14. The number of nitrogens with two attached hydrogens (primary N) is 1. The highest BCUT2D eigenvalue weighted by Gasteiger charge is 2.40. The van der Waals surface area contributed by atoms with E-state index in [0.717, 1.165) is 31.4 Å². The van der Waals surface area contributed by atoms with Crippen molar-refractivity contribution in [3.05, 3.63) is 35.4 Å². The van der Waals surface area contributed by atoms with Crippen molar-refractivity contribution in [3.63, 3.8) is 0 Å². The number of hydrogen-bond donors (Lipinski definition) is 1. The van der Waals surface area contributed by atoms with Gasteiger partial charge in [-0.05, 0) is 43.7 Å². The lowest BCUT2D eigenvalue weighted by molar-refractivity contribution is -0.148. The van der Waals surface area contributed by atoms with Gasteiger partial charge < -0.3 is 10.5 Å². The summed E-state index contributed by atoms with van der Waals surface area (Å²) in [5, 5.41) is 0.437. The van der Waals surface area contributed by atoms with Crippen LogP contribution in [0.1, 0.15) is 36.8 Å². The molecule has 2 unspecified atom stereocenters. The molecule has 0 aliphatic heterocycles. The van der Waals surface area contributed by atoms with E-state index in [2.05, 4.69) is 31.2 Å². The van der Waals surface area contributed by atoms with Crippen molar-refractivity contribution < 1.29 is 9.53 Å². The zero-order valence-corrected chi connectivity index (χ0v) is 13.0. The fourth-order valence-electron chi connectivity index (χ4n) is 2.77. The van der Waals surface area contributed by atoms with E-state index in [4.69, 9.17) is 10.5 Å². The highest BCUT2D eigenvalue weighted by Crippen LogP contribution is 2.36. The molecule has 0 heterocycles. The first-order valence-electron chi connectivity index (χ1n) is 7.08. The zero-order chi connectivity index (χ0) is 14.6. The summed E-state index contributed by atoms with van der Waals surface area (Å²) in [7, 11) is 1.42. The molecule has 1 aromatic rings. The second-order valence-electron chi connectivity index (χ2n) is 5.60. The van der Waals surface area contributed by atoms with E-state index >= 15 is 0 Å². The molecule has 2 rings (SSSR count). The third-order valence-electron chi connectivity index (χ3n) is 4.07. The van der Waals surface area contributed by atoms with E-state index in [-0.39, 0.29) is 5.97 Å². The number of hydrogen-bond acceptors (Lipinski definition) is 4. The van der Waals surface area contributed by atoms with E-state index < -0.39 is 5.54 Å². The quantitative estimate of drug-likeness (QED) is 0.867. The highest BCUT2D eigenvalue weighted by atomic mass is 32.2. The van der Waals surface area contributed by atoms with Gasteiger partial charge in [-0.3, -0.25) is 4.79 Å². The van der Waals surface area contributed by atoms with Crippen LogP contribution in [0.15, 0.2) is 24.3 Å². The molecule has 4 heteroatoms. The first-order valence-corrected chi connectivity index (χ1v) is 8.13. The molecular weight excluding hydrogens is 270 g/mol. The summed E-state index contributed by atoms with van der Waals surface area (Å²) in [6.07, 6.45) is 3.58. The molecule has 1 aromatic carbocycles. The fraction of sp³-hybridized carbons (Fsp3) is 0.562. The van der Waals surface area contributed by atoms with Gasteiger partial charge in [-0.1, -0.05) is 24.3 Å². The SMILES string of the molecule is COC(=O)C1(N)CCCC(SCc2ccccc2C)C1. The van der Waals surface area contributed by atoms with Gasteiger partial charge in [0.15, 0.2) is 0 Å². The average Bonchev–Trinajstić information content (AvgIpc) is 2.45. The number of ether oxygens (including phenoxy) is 1. The lowest BCUT2D eigenvalue weighted by Gasteiger charge is -2.35. The summed E-state index contributed by atoms with van der Waals surface area (Å²) < 4.78 is 4.85. The van der Waals surface area contributed by atoms with Crippen molar-refractivity contribution in [2.75, 3.05) is 7.11 Å². The summed E-state index contributed by atoms with van der Waals surface area (Å²) in [5.74, 6) is 0.716. The standard InChI is InChI=1S/C16H23NO2S/c1-12-6-3-4-7-13(12)11-20-14-8-5-9-16(17,10-14)15(18)19-2/h3-4,6-7,14H,5,8-11,17H2,1-2H3. The van der Waals surface area contributed by atoms with Crippen LogP contribution in [0.5, 0.6) is 0 Å². The van der Waals surface area contributed by atoms with Crippen LogP contribution >= 0.6 is 11.8 Å². The molecule has 0 saturated heterocycles. The van der Waals surface area contributed by atoms with Crippen LogP contribution in [-0.4, -0.2) is 23.9 Å². The Morgan fingerprint density at radius 3 is 2.95 bits per heavy atom. The average molecular weight is 293 g/mol. The molecule has 1 fully saturated rings. The lowest BCUT2D eigenvalue weighted by atomic mass is 9.82. The Kier molecular flexibility index (Phi) is 5.11. The Morgan fingerprint density at radius 2 is 2.25 bits per heavy atom. The number of benzene rings is 1. The van der Waals surface area contributed by atoms with E-state index in [0.29, 0.717) is 5.25 Å². The molecule has 0 aromatic heterocycles. The number of esters is 1. The first-order chi connectivity index (χ1) is 9.55. The second kappa shape index (κ2) is 6.64. The molecule has 2 N–H and O–H groups in total. The number of methoxy groups -OCH3 is 1. The normalized spacial score (nSPS) is 26.2. The van der Waals surface area contributed by atoms with Gasteiger partial charge in [0.1, 0.15) is 5.54 Å². The maximum absolute atomic E-state index is 11.8. The monoisotopic (exact) mass is 293 g/mol. The van der Waals surface area contributed by atoms with Gasteiger partial charge in [0.25, 0.3) is 0 Å². The van der Waals surface area contributed by atoms with Gasteiger partial charge in [-0.2, -0.15) is 11.8 Å². The van der Waals surface area contributed by atoms with Crippen LogP contribution < -0.4 is 5.73 Å². The topological polar surface area (TPSA) is 52.3 Å². The molecular formula is C16H23NO2S. The molecule has 2 atom stereocenters. The van der Waals surface area contributed by atoms with Crippen molar-refractivity contribution in [1.82, 2.24) is 0 Å². The minimum absolute atomic E-state index is 0.265. The number of carbonyl (C=O) groups excluding carboxylic acids is 1. The van der Waals surface area contributed by atoms with Crippen LogP contribution in [0.25, 0.3) is 0 Å². The minimum atomic E-state index is -0.781. The lowest BCUT2D eigenvalue weighted by Crippen LogP contribution is -2.52. The van der Waals surface area contributed by atoms with Gasteiger partial charge >= 0.3 is 5.97 Å². The van der Waals surface area contributed by atoms with Crippen molar-refractivity contribution in [3.8, 4) is 0 Å². The molecule has 1 saturated carbocycles. The summed E-state index contributed by atoms with van der Waals surface area (Å²) in [5.41, 5.74) is 8.12. The Hall–Kier alpha value is -1.00. The summed E-state index contributed by atoms with van der Waals surface area (Å²) in [4.78, 5) is 11.8. The third kappa shape index (κ3) is 3.55. The molecule has 110 valence electrons. The molecule has 0 amide bonds. The first kappa shape index (κ1) is 15.4. The maximum atomic E-state index is 11.8. The van der Waals surface area contributed by atoms with Crippen molar-refractivity contribution >= 4 is 17.7 Å². The van der Waals surface area contributed by atoms with E-state index in [1.54, 1.807) is 0 Å². The van der Waals surface area contributed by atoms with Crippen molar-refractivity contribution in [2.24, 2.45) is 5.73 Å². The van der Waals surface area contributed by atoms with Gasteiger partial charge in [-0.25, -0.2) is 0 Å². The largest absolute Gasteiger partial charge is 0.468 e. The Balaban J connectivity index is 1.94. The second-order valence-corrected chi connectivity index (χ2v) is 6.89. The number of carbonyl (C=O) groups is 1. The molecule has 0 spiro atoms. The van der Waals surface area contributed by atoms with Gasteiger partial charge in [0.05, 0.1) is 7.11 Å². The zero-order valence-electron chi connectivity index (χ0n) is 12.2. The third-order valence-corrected chi connectivity index (χ3v) is 5.42. The molecule has 0 bridgehead atoms. The highest BCUT2D eigenvalue weighted by molar-refractivity contribution is 7.99. The van der Waals surface area contributed by atoms with Crippen molar-refractivity contribution in [2.45, 2.75) is 49.1 Å². The Morgan fingerprint density at radius 1 is 1.50 bits per heavy atom. The molecule has 20 heavy (non-hydrogen) atoms. The smallest absolute Gasteiger partial charge is 0.325 e. The van der Waals surface area contributed by atoms with Crippen LogP contribution in [0.2, 0.25) is 0 Å². The Bertz CT molecular complexity index is 477. The molecule has 1 aliphatic rings. The van der Waals surface area contributed by atoms with Crippen LogP contribution in [0.4, 0.5) is 0 Å². The number of thioether (sulfide) groups is 1. The summed E-state index contributed by atoms with van der Waals surface area (Å²) in [6, 6.07) is 8.44. The minimum Gasteiger partial charge on any atom is -0.468 e. The molecule has 1 aliphatic carbocycles. The van der Waals surface area contributed by atoms with E-state index in [1.165, 1.54) is 18.2 Å².